The van der Waals surface area contributed by atoms with E-state index in [4.69, 9.17) is 5.11 Å². The van der Waals surface area contributed by atoms with Gasteiger partial charge < -0.3 is 5.11 Å². The predicted octanol–water partition coefficient (Wildman–Crippen LogP) is 1.82. The van der Waals surface area contributed by atoms with Crippen LogP contribution in [-0.4, -0.2) is 22.7 Å². The molecule has 70 valence electrons. The molecule has 0 bridgehead atoms. The van der Waals surface area contributed by atoms with Crippen LogP contribution in [0.4, 0.5) is 0 Å². The van der Waals surface area contributed by atoms with E-state index in [1.54, 1.807) is 12.1 Å². The molecule has 0 aliphatic carbocycles. The Bertz CT molecular complexity index is 320. The van der Waals surface area contributed by atoms with Crippen molar-refractivity contribution < 1.29 is 9.90 Å². The summed E-state index contributed by atoms with van der Waals surface area (Å²) in [6, 6.07) is 7.10. The van der Waals surface area contributed by atoms with Gasteiger partial charge in [0, 0.05) is 0 Å². The fraction of sp³-hybridized carbons (Fsp3) is 0.200. The van der Waals surface area contributed by atoms with Gasteiger partial charge in [-0.25, -0.2) is 16.1 Å². The Labute approximate surface area is 81.2 Å². The average Bonchev–Trinajstić information content (AvgIpc) is 2.15. The van der Waals surface area contributed by atoms with Crippen molar-refractivity contribution in [3.05, 3.63) is 35.4 Å². The minimum atomic E-state index is -0.851. The summed E-state index contributed by atoms with van der Waals surface area (Å²) in [6.07, 6.45) is 0.785. The summed E-state index contributed by atoms with van der Waals surface area (Å²) in [5.74, 6) is 3.76. The van der Waals surface area contributed by atoms with E-state index < -0.39 is 5.97 Å². The lowest BCUT2D eigenvalue weighted by atomic mass is 10.1. The molecule has 0 heterocycles. The van der Waals surface area contributed by atoms with Gasteiger partial charge in [-0.2, -0.15) is 0 Å². The Morgan fingerprint density at radius 3 is 2.77 bits per heavy atom. The molecule has 0 aliphatic rings. The molecular formula is C10H12O2S. The first kappa shape index (κ1) is 9.99. The molecule has 3 heteroatoms. The van der Waals surface area contributed by atoms with Crippen LogP contribution in [0.15, 0.2) is 24.3 Å². The number of hydrogen-bond donors (Lipinski definition) is 2. The zero-order chi connectivity index (χ0) is 9.68. The number of benzene rings is 1. The topological polar surface area (TPSA) is 37.3 Å². The Balaban J connectivity index is 2.90. The number of carboxylic acid groups (broad SMARTS) is 1. The number of rotatable bonds is 4. The molecule has 1 rings (SSSR count). The molecular weight excluding hydrogens is 184 g/mol. The number of carboxylic acids is 1. The van der Waals surface area contributed by atoms with E-state index in [2.05, 4.69) is 5.87 Å². The molecule has 1 aromatic carbocycles. The van der Waals surface area contributed by atoms with Crippen molar-refractivity contribution in [1.29, 1.82) is 0 Å². The molecule has 0 saturated carbocycles. The summed E-state index contributed by atoms with van der Waals surface area (Å²) in [4.78, 5) is 10.8. The van der Waals surface area contributed by atoms with Crippen LogP contribution < -0.4 is 0 Å². The molecule has 0 aliphatic heterocycles. The van der Waals surface area contributed by atoms with Crippen molar-refractivity contribution in [2.75, 3.05) is 5.75 Å². The van der Waals surface area contributed by atoms with Crippen LogP contribution in [0.3, 0.4) is 0 Å². The second kappa shape index (κ2) is 4.82. The molecule has 13 heavy (non-hydrogen) atoms. The van der Waals surface area contributed by atoms with Crippen LogP contribution in [0.5, 0.6) is 0 Å². The molecule has 0 unspecified atom stereocenters. The number of aromatic carboxylic acids is 1. The van der Waals surface area contributed by atoms with Gasteiger partial charge in [-0.3, -0.25) is 0 Å². The van der Waals surface area contributed by atoms with E-state index in [9.17, 15) is 4.79 Å². The van der Waals surface area contributed by atoms with Gasteiger partial charge in [-0.1, -0.05) is 24.1 Å². The van der Waals surface area contributed by atoms with Crippen molar-refractivity contribution >= 4 is 23.2 Å². The van der Waals surface area contributed by atoms with Crippen molar-refractivity contribution in [2.24, 2.45) is 0 Å². The van der Waals surface area contributed by atoms with Crippen LogP contribution in [0.2, 0.25) is 0 Å². The second-order valence-electron chi connectivity index (χ2n) is 2.66. The van der Waals surface area contributed by atoms with Crippen LogP contribution in [0.25, 0.3) is 0 Å². The number of thiol groups is 1. The van der Waals surface area contributed by atoms with E-state index in [0.29, 0.717) is 5.56 Å². The Morgan fingerprint density at radius 2 is 2.15 bits per heavy atom. The summed E-state index contributed by atoms with van der Waals surface area (Å²) in [5.41, 5.74) is 1.30. The molecule has 0 aromatic heterocycles. The van der Waals surface area contributed by atoms with Crippen LogP contribution in [-0.2, 0) is 6.42 Å². The van der Waals surface area contributed by atoms with Crippen molar-refractivity contribution in [1.82, 2.24) is 0 Å². The highest BCUT2D eigenvalue weighted by molar-refractivity contribution is 7.96. The smallest absolute Gasteiger partial charge is 0.335 e. The first-order valence-electron chi connectivity index (χ1n) is 3.99. The highest BCUT2D eigenvalue weighted by Gasteiger charge is 2.06. The summed E-state index contributed by atoms with van der Waals surface area (Å²) >= 11 is 1.05. The minimum Gasteiger partial charge on any atom is -0.478 e. The standard InChI is InChI=1S/C10H12O2S/c1-13-7-6-8-4-2-3-5-9(8)10(11)12/h2-5,13H,1,6-7H2,(H,11,12). The molecule has 0 amide bonds. The minimum absolute atomic E-state index is 0.408. The van der Waals surface area contributed by atoms with Gasteiger partial charge in [0.2, 0.25) is 0 Å². The Morgan fingerprint density at radius 1 is 1.46 bits per heavy atom. The van der Waals surface area contributed by atoms with E-state index in [1.165, 1.54) is 0 Å². The maximum absolute atomic E-state index is 10.8. The average molecular weight is 196 g/mol. The van der Waals surface area contributed by atoms with Gasteiger partial charge in [-0.15, -0.1) is 0 Å². The maximum atomic E-state index is 10.8. The van der Waals surface area contributed by atoms with Crippen molar-refractivity contribution in [2.45, 2.75) is 6.42 Å². The zero-order valence-electron chi connectivity index (χ0n) is 7.23. The Hall–Kier alpha value is -1.09. The van der Waals surface area contributed by atoms with Crippen LogP contribution in [0, 0.1) is 0 Å². The largest absolute Gasteiger partial charge is 0.478 e. The molecule has 0 spiro atoms. The highest BCUT2D eigenvalue weighted by Crippen LogP contribution is 2.10. The van der Waals surface area contributed by atoms with Crippen LogP contribution >= 0.6 is 11.4 Å². The molecule has 0 saturated heterocycles. The zero-order valence-corrected chi connectivity index (χ0v) is 8.13. The van der Waals surface area contributed by atoms with Gasteiger partial charge >= 0.3 is 5.97 Å². The van der Waals surface area contributed by atoms with Crippen LogP contribution in [0.1, 0.15) is 15.9 Å². The highest BCUT2D eigenvalue weighted by atomic mass is 32.1. The number of aryl methyl sites for hydroxylation is 1. The van der Waals surface area contributed by atoms with E-state index in [1.807, 2.05) is 12.1 Å². The first-order chi connectivity index (χ1) is 6.25. The van der Waals surface area contributed by atoms with Crippen molar-refractivity contribution in [3.63, 3.8) is 0 Å². The summed E-state index contributed by atoms with van der Waals surface area (Å²) < 4.78 is 0. The maximum Gasteiger partial charge on any atom is 0.335 e. The fourth-order valence-electron chi connectivity index (χ4n) is 1.15. The lowest BCUT2D eigenvalue weighted by Gasteiger charge is -2.02. The van der Waals surface area contributed by atoms with Gasteiger partial charge in [0.25, 0.3) is 0 Å². The van der Waals surface area contributed by atoms with Crippen molar-refractivity contribution in [3.8, 4) is 0 Å². The van der Waals surface area contributed by atoms with Gasteiger partial charge in [0.15, 0.2) is 0 Å². The molecule has 0 fully saturated rings. The second-order valence-corrected chi connectivity index (χ2v) is 3.55. The third-order valence-electron chi connectivity index (χ3n) is 1.79. The van der Waals surface area contributed by atoms with Gasteiger partial charge in [0.05, 0.1) is 5.56 Å². The first-order valence-corrected chi connectivity index (χ1v) is 5.26. The summed E-state index contributed by atoms with van der Waals surface area (Å²) in [7, 11) is 0. The predicted molar refractivity (Wildman–Crippen MR) is 58.1 cm³/mol. The number of carbonyl (C=O) groups is 1. The monoisotopic (exact) mass is 196 g/mol. The molecule has 1 N–H and O–H groups in total. The van der Waals surface area contributed by atoms with Gasteiger partial charge in [-0.05, 0) is 23.8 Å². The third-order valence-corrected chi connectivity index (χ3v) is 2.33. The molecule has 0 radical (unpaired) electrons. The Kier molecular flexibility index (Phi) is 3.71. The fourth-order valence-corrected chi connectivity index (χ4v) is 1.55. The molecule has 1 aromatic rings. The number of hydrogen-bond acceptors (Lipinski definition) is 1. The SMILES string of the molecule is C=[SH]CCc1ccccc1C(=O)O. The molecule has 0 atom stereocenters. The normalized spacial score (nSPS) is 9.85. The lowest BCUT2D eigenvalue weighted by molar-refractivity contribution is 0.0696. The lowest BCUT2D eigenvalue weighted by Crippen LogP contribution is -2.02. The quantitative estimate of drug-likeness (QED) is 0.569. The summed E-state index contributed by atoms with van der Waals surface area (Å²) in [6.45, 7) is 0. The molecule has 2 nitrogen and oxygen atoms in total. The third kappa shape index (κ3) is 2.70. The van der Waals surface area contributed by atoms with Gasteiger partial charge in [0.1, 0.15) is 0 Å². The summed E-state index contributed by atoms with van der Waals surface area (Å²) in [5, 5.41) is 8.85. The van der Waals surface area contributed by atoms with E-state index >= 15 is 0 Å². The van der Waals surface area contributed by atoms with E-state index in [0.717, 1.165) is 29.1 Å². The van der Waals surface area contributed by atoms with E-state index in [-0.39, 0.29) is 0 Å².